The smallest absolute Gasteiger partial charge is 0.136 e. The van der Waals surface area contributed by atoms with Gasteiger partial charge in [0.2, 0.25) is 0 Å². The molecule has 19 heavy (non-hydrogen) atoms. The fourth-order valence-electron chi connectivity index (χ4n) is 1.86. The number of nitrogens with zero attached hydrogens (tertiary/aromatic N) is 2. The summed E-state index contributed by atoms with van der Waals surface area (Å²) in [6, 6.07) is 6.46. The minimum atomic E-state index is -0.252. The maximum Gasteiger partial charge on any atom is 0.136 e. The van der Waals surface area contributed by atoms with E-state index in [2.05, 4.69) is 41.8 Å². The molecule has 1 aromatic carbocycles. The summed E-state index contributed by atoms with van der Waals surface area (Å²) >= 11 is 3.48. The second-order valence-corrected chi connectivity index (χ2v) is 6.38. The molecular weight excluding hydrogens is 309 g/mol. The molecular formula is C14H17BrFN3. The number of hydrogen-bond donors (Lipinski definition) is 1. The molecule has 1 heterocycles. The summed E-state index contributed by atoms with van der Waals surface area (Å²) in [5, 5.41) is 4.53. The Morgan fingerprint density at radius 1 is 1.37 bits per heavy atom. The lowest BCUT2D eigenvalue weighted by Gasteiger charge is -2.15. The SMILES string of the molecule is CC(C)(C)c1nn(Cc2cccc(F)c2)c(N)c1Br. The van der Waals surface area contributed by atoms with Crippen LogP contribution in [0.4, 0.5) is 10.2 Å². The molecule has 0 amide bonds. The minimum Gasteiger partial charge on any atom is -0.383 e. The van der Waals surface area contributed by atoms with E-state index in [-0.39, 0.29) is 11.2 Å². The van der Waals surface area contributed by atoms with Crippen LogP contribution in [0, 0.1) is 5.82 Å². The standard InChI is InChI=1S/C14H17BrFN3/c1-14(2,3)12-11(15)13(17)19(18-12)8-9-5-4-6-10(16)7-9/h4-7H,8,17H2,1-3H3. The fraction of sp³-hybridized carbons (Fsp3) is 0.357. The molecule has 0 aliphatic heterocycles. The highest BCUT2D eigenvalue weighted by atomic mass is 79.9. The molecule has 2 aromatic rings. The molecule has 5 heteroatoms. The predicted octanol–water partition coefficient (Wildman–Crippen LogP) is 3.71. The van der Waals surface area contributed by atoms with Gasteiger partial charge in [-0.2, -0.15) is 5.10 Å². The first-order valence-electron chi connectivity index (χ1n) is 6.06. The summed E-state index contributed by atoms with van der Waals surface area (Å²) in [5.41, 5.74) is 7.69. The lowest BCUT2D eigenvalue weighted by Crippen LogP contribution is -2.14. The van der Waals surface area contributed by atoms with Gasteiger partial charge in [-0.05, 0) is 33.6 Å². The summed E-state index contributed by atoms with van der Waals surface area (Å²) < 4.78 is 15.7. The van der Waals surface area contributed by atoms with E-state index in [1.165, 1.54) is 12.1 Å². The van der Waals surface area contributed by atoms with E-state index in [9.17, 15) is 4.39 Å². The molecule has 0 radical (unpaired) electrons. The summed E-state index contributed by atoms with van der Waals surface area (Å²) in [6.45, 7) is 6.68. The van der Waals surface area contributed by atoms with Crippen LogP contribution < -0.4 is 5.73 Å². The predicted molar refractivity (Wildman–Crippen MR) is 78.5 cm³/mol. The van der Waals surface area contributed by atoms with Crippen molar-refractivity contribution in [1.82, 2.24) is 9.78 Å². The van der Waals surface area contributed by atoms with Crippen LogP contribution in [0.15, 0.2) is 28.7 Å². The monoisotopic (exact) mass is 325 g/mol. The van der Waals surface area contributed by atoms with Crippen molar-refractivity contribution in [3.63, 3.8) is 0 Å². The van der Waals surface area contributed by atoms with E-state index < -0.39 is 0 Å². The molecule has 0 saturated carbocycles. The van der Waals surface area contributed by atoms with Crippen molar-refractivity contribution in [2.75, 3.05) is 5.73 Å². The van der Waals surface area contributed by atoms with Crippen molar-refractivity contribution >= 4 is 21.7 Å². The zero-order chi connectivity index (χ0) is 14.2. The van der Waals surface area contributed by atoms with Gasteiger partial charge in [-0.25, -0.2) is 9.07 Å². The number of nitrogen functional groups attached to an aromatic ring is 1. The molecule has 102 valence electrons. The third-order valence-electron chi connectivity index (χ3n) is 2.86. The zero-order valence-corrected chi connectivity index (χ0v) is 12.8. The van der Waals surface area contributed by atoms with Gasteiger partial charge < -0.3 is 5.73 Å². The molecule has 3 nitrogen and oxygen atoms in total. The number of halogens is 2. The van der Waals surface area contributed by atoms with Gasteiger partial charge in [0.15, 0.2) is 0 Å². The fourth-order valence-corrected chi connectivity index (χ4v) is 2.74. The summed E-state index contributed by atoms with van der Waals surface area (Å²) in [4.78, 5) is 0. The largest absolute Gasteiger partial charge is 0.383 e. The molecule has 0 fully saturated rings. The van der Waals surface area contributed by atoms with Gasteiger partial charge >= 0.3 is 0 Å². The summed E-state index contributed by atoms with van der Waals surface area (Å²) in [5.74, 6) is 0.313. The Morgan fingerprint density at radius 3 is 2.58 bits per heavy atom. The number of aromatic nitrogens is 2. The van der Waals surface area contributed by atoms with Gasteiger partial charge in [0.25, 0.3) is 0 Å². The average Bonchev–Trinajstić information content (AvgIpc) is 2.57. The van der Waals surface area contributed by atoms with Gasteiger partial charge in [-0.1, -0.05) is 32.9 Å². The summed E-state index contributed by atoms with van der Waals surface area (Å²) in [7, 11) is 0. The highest BCUT2D eigenvalue weighted by Crippen LogP contribution is 2.33. The molecule has 0 atom stereocenters. The molecule has 0 saturated heterocycles. The van der Waals surface area contributed by atoms with Crippen molar-refractivity contribution in [2.24, 2.45) is 0 Å². The van der Waals surface area contributed by atoms with Gasteiger partial charge in [-0.3, -0.25) is 0 Å². The second-order valence-electron chi connectivity index (χ2n) is 5.59. The number of benzene rings is 1. The quantitative estimate of drug-likeness (QED) is 0.914. The number of rotatable bonds is 2. The Labute approximate surface area is 120 Å². The maximum atomic E-state index is 13.2. The second kappa shape index (κ2) is 4.96. The van der Waals surface area contributed by atoms with E-state index >= 15 is 0 Å². The first-order chi connectivity index (χ1) is 8.79. The molecule has 2 N–H and O–H groups in total. The van der Waals surface area contributed by atoms with Gasteiger partial charge in [-0.15, -0.1) is 0 Å². The first kappa shape index (κ1) is 14.1. The van der Waals surface area contributed by atoms with Gasteiger partial charge in [0.1, 0.15) is 11.6 Å². The van der Waals surface area contributed by atoms with Crippen LogP contribution >= 0.6 is 15.9 Å². The lowest BCUT2D eigenvalue weighted by atomic mass is 9.92. The Kier molecular flexibility index (Phi) is 3.67. The topological polar surface area (TPSA) is 43.8 Å². The Hall–Kier alpha value is -1.36. The third-order valence-corrected chi connectivity index (χ3v) is 3.65. The van der Waals surface area contributed by atoms with Crippen molar-refractivity contribution < 1.29 is 4.39 Å². The number of hydrogen-bond acceptors (Lipinski definition) is 2. The van der Waals surface area contributed by atoms with Crippen LogP contribution in [-0.4, -0.2) is 9.78 Å². The molecule has 1 aromatic heterocycles. The Bertz CT molecular complexity index is 599. The number of nitrogens with two attached hydrogens (primary N) is 1. The zero-order valence-electron chi connectivity index (χ0n) is 11.2. The Morgan fingerprint density at radius 2 is 2.05 bits per heavy atom. The van der Waals surface area contributed by atoms with E-state index in [4.69, 9.17) is 5.73 Å². The maximum absolute atomic E-state index is 13.2. The number of anilines is 1. The van der Waals surface area contributed by atoms with E-state index in [0.29, 0.717) is 12.4 Å². The summed E-state index contributed by atoms with van der Waals surface area (Å²) in [6.07, 6.45) is 0. The molecule has 0 bridgehead atoms. The van der Waals surface area contributed by atoms with Gasteiger partial charge in [0.05, 0.1) is 16.7 Å². The highest BCUT2D eigenvalue weighted by molar-refractivity contribution is 9.10. The van der Waals surface area contributed by atoms with Crippen molar-refractivity contribution in [1.29, 1.82) is 0 Å². The Balaban J connectivity index is 2.37. The highest BCUT2D eigenvalue weighted by Gasteiger charge is 2.24. The average molecular weight is 326 g/mol. The van der Waals surface area contributed by atoms with Crippen molar-refractivity contribution in [3.05, 3.63) is 45.8 Å². The molecule has 0 spiro atoms. The minimum absolute atomic E-state index is 0.0971. The van der Waals surface area contributed by atoms with Crippen LogP contribution in [-0.2, 0) is 12.0 Å². The van der Waals surface area contributed by atoms with Crippen molar-refractivity contribution in [2.45, 2.75) is 32.7 Å². The van der Waals surface area contributed by atoms with Crippen LogP contribution in [0.2, 0.25) is 0 Å². The molecule has 0 aliphatic rings. The lowest BCUT2D eigenvalue weighted by molar-refractivity contribution is 0.543. The third kappa shape index (κ3) is 2.97. The van der Waals surface area contributed by atoms with Crippen LogP contribution in [0.5, 0.6) is 0 Å². The van der Waals surface area contributed by atoms with Crippen molar-refractivity contribution in [3.8, 4) is 0 Å². The molecule has 0 aliphatic carbocycles. The molecule has 0 unspecified atom stereocenters. The van der Waals surface area contributed by atoms with Crippen LogP contribution in [0.3, 0.4) is 0 Å². The van der Waals surface area contributed by atoms with Crippen LogP contribution in [0.25, 0.3) is 0 Å². The molecule has 2 rings (SSSR count). The van der Waals surface area contributed by atoms with Crippen LogP contribution in [0.1, 0.15) is 32.0 Å². The van der Waals surface area contributed by atoms with E-state index in [1.54, 1.807) is 10.7 Å². The first-order valence-corrected chi connectivity index (χ1v) is 6.85. The van der Waals surface area contributed by atoms with Gasteiger partial charge in [0, 0.05) is 5.41 Å². The van der Waals surface area contributed by atoms with E-state index in [1.807, 2.05) is 6.07 Å². The normalized spacial score (nSPS) is 11.8. The van der Waals surface area contributed by atoms with E-state index in [0.717, 1.165) is 15.7 Å².